The number of ether oxygens (including phenoxy) is 2. The van der Waals surface area contributed by atoms with E-state index < -0.39 is 5.60 Å². The molecular weight excluding hydrogens is 452 g/mol. The number of halogens is 1. The molecule has 7 nitrogen and oxygen atoms in total. The predicted molar refractivity (Wildman–Crippen MR) is 128 cm³/mol. The van der Waals surface area contributed by atoms with E-state index in [2.05, 4.69) is 16.0 Å². The van der Waals surface area contributed by atoms with Gasteiger partial charge in [0.25, 0.3) is 5.88 Å². The first kappa shape index (κ1) is 22.2. The molecule has 1 fully saturated rings. The number of fused-ring (bicyclic) bond motifs is 1. The highest BCUT2D eigenvalue weighted by molar-refractivity contribution is 6.37. The maximum absolute atomic E-state index is 12.2. The molecule has 34 heavy (non-hydrogen) atoms. The highest BCUT2D eigenvalue weighted by Crippen LogP contribution is 2.43. The molecule has 2 heterocycles. The lowest BCUT2D eigenvalue weighted by molar-refractivity contribution is 0.117. The van der Waals surface area contributed by atoms with E-state index in [1.807, 2.05) is 13.1 Å². The number of hydrogen-bond acceptors (Lipinski definition) is 6. The topological polar surface area (TPSA) is 93.2 Å². The Balaban J connectivity index is 1.69. The van der Waals surface area contributed by atoms with Crippen molar-refractivity contribution in [2.45, 2.75) is 18.4 Å². The summed E-state index contributed by atoms with van der Waals surface area (Å²) in [5, 5.41) is 22.4. The van der Waals surface area contributed by atoms with Crippen LogP contribution in [0.15, 0.2) is 55.0 Å². The Morgan fingerprint density at radius 3 is 2.56 bits per heavy atom. The molecule has 0 amide bonds. The standard InChI is InChI=1S/C26H23ClN4O3/c1-31-15-29-13-22(31)26(32,18-7-5-16(12-28)6-8-18)19-9-10-21-20(11-19)23(27)24(25(30-21)33-2)34-14-17-3-4-17/h5-11,13,15,17,32H,3-4,14H2,1-2H3. The SMILES string of the molecule is COc1nc2ccc(C(O)(c3ccc(C#N)cc3)c3cncn3C)cc2c(Cl)c1OCC1CC1. The lowest BCUT2D eigenvalue weighted by atomic mass is 9.82. The summed E-state index contributed by atoms with van der Waals surface area (Å²) in [6.07, 6.45) is 5.55. The zero-order chi connectivity index (χ0) is 23.9. The maximum atomic E-state index is 12.2. The van der Waals surface area contributed by atoms with Gasteiger partial charge in [-0.25, -0.2) is 9.97 Å². The van der Waals surface area contributed by atoms with Crippen molar-refractivity contribution in [3.63, 3.8) is 0 Å². The Bertz CT molecular complexity index is 1410. The summed E-state index contributed by atoms with van der Waals surface area (Å²) >= 11 is 6.81. The molecule has 0 saturated heterocycles. The van der Waals surface area contributed by atoms with E-state index in [1.54, 1.807) is 53.5 Å². The van der Waals surface area contributed by atoms with Crippen molar-refractivity contribution >= 4 is 22.5 Å². The van der Waals surface area contributed by atoms with E-state index in [9.17, 15) is 10.4 Å². The number of rotatable bonds is 7. The highest BCUT2D eigenvalue weighted by atomic mass is 35.5. The number of imidazole rings is 1. The van der Waals surface area contributed by atoms with Crippen molar-refractivity contribution in [1.29, 1.82) is 5.26 Å². The monoisotopic (exact) mass is 474 g/mol. The van der Waals surface area contributed by atoms with E-state index in [1.165, 1.54) is 7.11 Å². The molecule has 1 N–H and O–H groups in total. The lowest BCUT2D eigenvalue weighted by Gasteiger charge is -2.30. The molecule has 5 rings (SSSR count). The van der Waals surface area contributed by atoms with E-state index in [0.717, 1.165) is 12.8 Å². The van der Waals surface area contributed by atoms with Crippen LogP contribution in [0.1, 0.15) is 35.2 Å². The zero-order valence-corrected chi connectivity index (χ0v) is 19.6. The Hall–Kier alpha value is -3.60. The van der Waals surface area contributed by atoms with Crippen LogP contribution >= 0.6 is 11.6 Å². The summed E-state index contributed by atoms with van der Waals surface area (Å²) in [5.41, 5.74) is 1.32. The fourth-order valence-electron chi connectivity index (χ4n) is 4.11. The van der Waals surface area contributed by atoms with Crippen LogP contribution in [0, 0.1) is 17.2 Å². The molecule has 8 heteroatoms. The van der Waals surface area contributed by atoms with E-state index in [-0.39, 0.29) is 0 Å². The number of benzene rings is 2. The van der Waals surface area contributed by atoms with E-state index >= 15 is 0 Å². The zero-order valence-electron chi connectivity index (χ0n) is 18.8. The van der Waals surface area contributed by atoms with Crippen molar-refractivity contribution in [1.82, 2.24) is 14.5 Å². The number of hydrogen-bond donors (Lipinski definition) is 1. The third-order valence-corrected chi connectivity index (χ3v) is 6.61. The van der Waals surface area contributed by atoms with Gasteiger partial charge < -0.3 is 19.1 Å². The molecule has 1 aliphatic rings. The largest absolute Gasteiger partial charge is 0.486 e. The van der Waals surface area contributed by atoms with Crippen LogP contribution in [-0.4, -0.2) is 33.4 Å². The van der Waals surface area contributed by atoms with Gasteiger partial charge in [-0.3, -0.25) is 0 Å². The smallest absolute Gasteiger partial charge is 0.258 e. The molecule has 4 aromatic rings. The summed E-state index contributed by atoms with van der Waals surface area (Å²) in [4.78, 5) is 8.80. The van der Waals surface area contributed by atoms with Crippen LogP contribution in [-0.2, 0) is 12.6 Å². The average molecular weight is 475 g/mol. The minimum Gasteiger partial charge on any atom is -0.486 e. The van der Waals surface area contributed by atoms with Crippen LogP contribution in [0.3, 0.4) is 0 Å². The summed E-state index contributed by atoms with van der Waals surface area (Å²) in [6.45, 7) is 0.563. The minimum atomic E-state index is -1.55. The number of nitriles is 1. The van der Waals surface area contributed by atoms with E-state index in [0.29, 0.717) is 62.5 Å². The fourth-order valence-corrected chi connectivity index (χ4v) is 4.40. The molecule has 2 aromatic heterocycles. The van der Waals surface area contributed by atoms with Crippen LogP contribution in [0.2, 0.25) is 5.02 Å². The summed E-state index contributed by atoms with van der Waals surface area (Å²) < 4.78 is 13.2. The van der Waals surface area contributed by atoms with Gasteiger partial charge in [-0.1, -0.05) is 29.8 Å². The molecule has 0 aliphatic heterocycles. The summed E-state index contributed by atoms with van der Waals surface area (Å²) in [5.74, 6) is 1.28. The van der Waals surface area contributed by atoms with Crippen molar-refractivity contribution in [2.24, 2.45) is 13.0 Å². The van der Waals surface area contributed by atoms with Gasteiger partial charge in [0.15, 0.2) is 5.60 Å². The molecule has 1 saturated carbocycles. The lowest BCUT2D eigenvalue weighted by Crippen LogP contribution is -2.31. The molecule has 0 bridgehead atoms. The number of methoxy groups -OCH3 is 1. The molecule has 0 spiro atoms. The molecule has 172 valence electrons. The van der Waals surface area contributed by atoms with Gasteiger partial charge in [0, 0.05) is 12.4 Å². The highest BCUT2D eigenvalue weighted by Gasteiger charge is 2.37. The minimum absolute atomic E-state index is 0.333. The van der Waals surface area contributed by atoms with Gasteiger partial charge in [0.1, 0.15) is 0 Å². The first-order valence-electron chi connectivity index (χ1n) is 11.0. The number of nitrogens with zero attached hydrogens (tertiary/aromatic N) is 4. The quantitative estimate of drug-likeness (QED) is 0.421. The average Bonchev–Trinajstić information content (AvgIpc) is 3.60. The summed E-state index contributed by atoms with van der Waals surface area (Å²) in [7, 11) is 3.36. The number of pyridine rings is 1. The third kappa shape index (κ3) is 3.75. The Kier molecular flexibility index (Phi) is 5.64. The molecule has 0 radical (unpaired) electrons. The Morgan fingerprint density at radius 2 is 1.94 bits per heavy atom. The van der Waals surface area contributed by atoms with Gasteiger partial charge in [0.2, 0.25) is 5.75 Å². The third-order valence-electron chi connectivity index (χ3n) is 6.24. The molecule has 1 unspecified atom stereocenters. The van der Waals surface area contributed by atoms with Gasteiger partial charge in [-0.2, -0.15) is 5.26 Å². The number of aryl methyl sites for hydroxylation is 1. The second-order valence-electron chi connectivity index (χ2n) is 8.54. The first-order chi connectivity index (χ1) is 16.5. The molecule has 2 aromatic carbocycles. The van der Waals surface area contributed by atoms with Gasteiger partial charge in [-0.15, -0.1) is 0 Å². The van der Waals surface area contributed by atoms with E-state index in [4.69, 9.17) is 21.1 Å². The van der Waals surface area contributed by atoms with Crippen LogP contribution in [0.4, 0.5) is 0 Å². The van der Waals surface area contributed by atoms with Crippen LogP contribution < -0.4 is 9.47 Å². The van der Waals surface area contributed by atoms with Crippen molar-refractivity contribution in [2.75, 3.05) is 13.7 Å². The van der Waals surface area contributed by atoms with Crippen molar-refractivity contribution < 1.29 is 14.6 Å². The number of aromatic nitrogens is 3. The molecule has 1 aliphatic carbocycles. The Morgan fingerprint density at radius 1 is 1.21 bits per heavy atom. The fraction of sp³-hybridized carbons (Fsp3) is 0.269. The van der Waals surface area contributed by atoms with Crippen molar-refractivity contribution in [3.05, 3.63) is 82.4 Å². The van der Waals surface area contributed by atoms with Gasteiger partial charge in [-0.05, 0) is 54.2 Å². The normalized spacial score (nSPS) is 15.0. The second-order valence-corrected chi connectivity index (χ2v) is 8.92. The summed E-state index contributed by atoms with van der Waals surface area (Å²) in [6, 6.07) is 14.4. The molecular formula is C26H23ClN4O3. The second kappa shape index (κ2) is 8.64. The molecule has 1 atom stereocenters. The van der Waals surface area contributed by atoms with Crippen LogP contribution in [0.5, 0.6) is 11.6 Å². The van der Waals surface area contributed by atoms with Crippen molar-refractivity contribution in [3.8, 4) is 17.7 Å². The predicted octanol–water partition coefficient (Wildman–Crippen LogP) is 4.57. The van der Waals surface area contributed by atoms with Crippen LogP contribution in [0.25, 0.3) is 10.9 Å². The first-order valence-corrected chi connectivity index (χ1v) is 11.3. The van der Waals surface area contributed by atoms with Gasteiger partial charge >= 0.3 is 0 Å². The number of aliphatic hydroxyl groups is 1. The van der Waals surface area contributed by atoms with Gasteiger partial charge in [0.05, 0.1) is 54.1 Å². The Labute approximate surface area is 202 Å². The maximum Gasteiger partial charge on any atom is 0.258 e.